The molecular weight excluding hydrogens is 248 g/mol. The van der Waals surface area contributed by atoms with Gasteiger partial charge in [0.15, 0.2) is 0 Å². The van der Waals surface area contributed by atoms with Gasteiger partial charge in [-0.05, 0) is 20.3 Å². The van der Waals surface area contributed by atoms with Crippen LogP contribution < -0.4 is 10.6 Å². The van der Waals surface area contributed by atoms with Crippen molar-refractivity contribution in [3.05, 3.63) is 22.2 Å². The quantitative estimate of drug-likeness (QED) is 0.626. The first-order valence-corrected chi connectivity index (χ1v) is 6.38. The van der Waals surface area contributed by atoms with Gasteiger partial charge in [-0.3, -0.25) is 10.1 Å². The Balaban J connectivity index is 2.20. The van der Waals surface area contributed by atoms with E-state index in [1.807, 2.05) is 13.8 Å². The molecule has 0 radical (unpaired) electrons. The van der Waals surface area contributed by atoms with Crippen molar-refractivity contribution in [2.24, 2.45) is 0 Å². The van der Waals surface area contributed by atoms with Gasteiger partial charge in [-0.2, -0.15) is 0 Å². The summed E-state index contributed by atoms with van der Waals surface area (Å²) in [6.07, 6.45) is 0.964. The van der Waals surface area contributed by atoms with Crippen LogP contribution in [0, 0.1) is 10.1 Å². The van der Waals surface area contributed by atoms with Crippen LogP contribution in [0.4, 0.5) is 17.3 Å². The fourth-order valence-electron chi connectivity index (χ4n) is 2.08. The Morgan fingerprint density at radius 3 is 2.84 bits per heavy atom. The minimum Gasteiger partial charge on any atom is -0.376 e. The molecule has 1 saturated heterocycles. The molecule has 2 heterocycles. The molecule has 0 aliphatic carbocycles. The topological polar surface area (TPSA) is 89.3 Å². The van der Waals surface area contributed by atoms with Crippen LogP contribution in [0.2, 0.25) is 0 Å². The van der Waals surface area contributed by atoms with Crippen LogP contribution in [0.3, 0.4) is 0 Å². The highest BCUT2D eigenvalue weighted by Gasteiger charge is 2.25. The van der Waals surface area contributed by atoms with Gasteiger partial charge >= 0.3 is 0 Å². The maximum absolute atomic E-state index is 10.9. The van der Waals surface area contributed by atoms with E-state index in [-0.39, 0.29) is 17.8 Å². The van der Waals surface area contributed by atoms with E-state index in [1.54, 1.807) is 0 Å². The zero-order valence-corrected chi connectivity index (χ0v) is 11.0. The lowest BCUT2D eigenvalue weighted by Gasteiger charge is -2.17. The van der Waals surface area contributed by atoms with Crippen LogP contribution in [-0.2, 0) is 4.74 Å². The molecule has 0 saturated carbocycles. The number of hydrogen-bond acceptors (Lipinski definition) is 6. The number of hydrogen-bond donors (Lipinski definition) is 2. The molecule has 2 atom stereocenters. The third-order valence-electron chi connectivity index (χ3n) is 3.09. The molecule has 19 heavy (non-hydrogen) atoms. The standard InChI is InChI=1S/C12H18N4O3/c1-3-13-11-6-9(16(17)18)7-12(15-11)14-10-4-5-19-8(10)2/h6-8,10H,3-5H2,1-2H3,(H2,13,14,15). The molecular formula is C12H18N4O3. The van der Waals surface area contributed by atoms with E-state index in [4.69, 9.17) is 4.74 Å². The van der Waals surface area contributed by atoms with Gasteiger partial charge in [-0.15, -0.1) is 0 Å². The first-order chi connectivity index (χ1) is 9.10. The number of nitro groups is 1. The van der Waals surface area contributed by atoms with E-state index in [0.717, 1.165) is 6.42 Å². The summed E-state index contributed by atoms with van der Waals surface area (Å²) in [6.45, 7) is 5.26. The molecule has 1 aromatic heterocycles. The van der Waals surface area contributed by atoms with E-state index in [2.05, 4.69) is 15.6 Å². The fraction of sp³-hybridized carbons (Fsp3) is 0.583. The molecule has 1 aromatic rings. The Bertz CT molecular complexity index is 466. The molecule has 0 aromatic carbocycles. The highest BCUT2D eigenvalue weighted by molar-refractivity contribution is 5.55. The van der Waals surface area contributed by atoms with E-state index in [1.165, 1.54) is 12.1 Å². The molecule has 2 rings (SSSR count). The smallest absolute Gasteiger partial charge is 0.276 e. The van der Waals surface area contributed by atoms with Gasteiger partial charge in [0.1, 0.15) is 11.6 Å². The van der Waals surface area contributed by atoms with Crippen LogP contribution >= 0.6 is 0 Å². The molecule has 1 aliphatic heterocycles. The molecule has 2 unspecified atom stereocenters. The van der Waals surface area contributed by atoms with Crippen LogP contribution in [0.5, 0.6) is 0 Å². The largest absolute Gasteiger partial charge is 0.376 e. The zero-order chi connectivity index (χ0) is 13.8. The number of pyridine rings is 1. The van der Waals surface area contributed by atoms with E-state index in [0.29, 0.717) is 24.8 Å². The van der Waals surface area contributed by atoms with E-state index >= 15 is 0 Å². The minimum absolute atomic E-state index is 0.0278. The number of nitrogens with zero attached hydrogens (tertiary/aromatic N) is 2. The summed E-state index contributed by atoms with van der Waals surface area (Å²) in [5.41, 5.74) is 0.0278. The van der Waals surface area contributed by atoms with Crippen molar-refractivity contribution in [3.63, 3.8) is 0 Å². The predicted molar refractivity (Wildman–Crippen MR) is 72.5 cm³/mol. The van der Waals surface area contributed by atoms with Gasteiger partial charge in [0.05, 0.1) is 29.2 Å². The molecule has 7 nitrogen and oxygen atoms in total. The molecule has 1 fully saturated rings. The number of anilines is 2. The summed E-state index contributed by atoms with van der Waals surface area (Å²) in [5.74, 6) is 1.01. The second kappa shape index (κ2) is 5.83. The van der Waals surface area contributed by atoms with Gasteiger partial charge in [0.25, 0.3) is 5.69 Å². The van der Waals surface area contributed by atoms with Crippen LogP contribution in [0.25, 0.3) is 0 Å². The van der Waals surface area contributed by atoms with Crippen molar-refractivity contribution in [1.82, 2.24) is 4.98 Å². The molecule has 0 spiro atoms. The summed E-state index contributed by atoms with van der Waals surface area (Å²) in [6, 6.07) is 3.03. The Hall–Kier alpha value is -1.89. The molecule has 2 N–H and O–H groups in total. The van der Waals surface area contributed by atoms with Crippen LogP contribution in [-0.4, -0.2) is 35.2 Å². The summed E-state index contributed by atoms with van der Waals surface area (Å²) in [4.78, 5) is 14.8. The second-order valence-corrected chi connectivity index (χ2v) is 4.50. The van der Waals surface area contributed by atoms with Gasteiger partial charge in [-0.25, -0.2) is 4.98 Å². The van der Waals surface area contributed by atoms with Gasteiger partial charge in [0.2, 0.25) is 0 Å². The van der Waals surface area contributed by atoms with Crippen molar-refractivity contribution in [1.29, 1.82) is 0 Å². The fourth-order valence-corrected chi connectivity index (χ4v) is 2.08. The molecule has 1 aliphatic rings. The predicted octanol–water partition coefficient (Wildman–Crippen LogP) is 2.01. The van der Waals surface area contributed by atoms with Gasteiger partial charge < -0.3 is 15.4 Å². The highest BCUT2D eigenvalue weighted by Crippen LogP contribution is 2.23. The first kappa shape index (κ1) is 13.5. The molecule has 0 amide bonds. The Labute approximate surface area is 111 Å². The van der Waals surface area contributed by atoms with Crippen LogP contribution in [0.15, 0.2) is 12.1 Å². The number of rotatable bonds is 5. The highest BCUT2D eigenvalue weighted by atomic mass is 16.6. The summed E-state index contributed by atoms with van der Waals surface area (Å²) < 4.78 is 5.45. The minimum atomic E-state index is -0.414. The lowest BCUT2D eigenvalue weighted by Crippen LogP contribution is -2.27. The molecule has 104 valence electrons. The zero-order valence-electron chi connectivity index (χ0n) is 11.0. The third-order valence-corrected chi connectivity index (χ3v) is 3.09. The Morgan fingerprint density at radius 2 is 2.26 bits per heavy atom. The SMILES string of the molecule is CCNc1cc([N+](=O)[O-])cc(NC2CCOC2C)n1. The monoisotopic (exact) mass is 266 g/mol. The first-order valence-electron chi connectivity index (χ1n) is 6.38. The lowest BCUT2D eigenvalue weighted by atomic mass is 10.1. The van der Waals surface area contributed by atoms with Crippen molar-refractivity contribution in [2.45, 2.75) is 32.4 Å². The average molecular weight is 266 g/mol. The molecule has 7 heteroatoms. The van der Waals surface area contributed by atoms with Gasteiger partial charge in [0, 0.05) is 13.2 Å². The van der Waals surface area contributed by atoms with E-state index < -0.39 is 4.92 Å². The normalized spacial score (nSPS) is 22.2. The average Bonchev–Trinajstić information content (AvgIpc) is 2.75. The number of nitrogens with one attached hydrogen (secondary N) is 2. The number of aromatic nitrogens is 1. The van der Waals surface area contributed by atoms with Gasteiger partial charge in [-0.1, -0.05) is 0 Å². The van der Waals surface area contributed by atoms with Crippen LogP contribution in [0.1, 0.15) is 20.3 Å². The van der Waals surface area contributed by atoms with Crippen molar-refractivity contribution in [3.8, 4) is 0 Å². The summed E-state index contributed by atoms with van der Waals surface area (Å²) in [5, 5.41) is 17.1. The van der Waals surface area contributed by atoms with Crippen molar-refractivity contribution in [2.75, 3.05) is 23.8 Å². The van der Waals surface area contributed by atoms with Crippen molar-refractivity contribution < 1.29 is 9.66 Å². The third kappa shape index (κ3) is 3.31. The number of ether oxygens (including phenoxy) is 1. The second-order valence-electron chi connectivity index (χ2n) is 4.50. The Kier molecular flexibility index (Phi) is 4.16. The van der Waals surface area contributed by atoms with E-state index in [9.17, 15) is 10.1 Å². The molecule has 0 bridgehead atoms. The maximum Gasteiger partial charge on any atom is 0.276 e. The Morgan fingerprint density at radius 1 is 1.53 bits per heavy atom. The summed E-state index contributed by atoms with van der Waals surface area (Å²) in [7, 11) is 0. The van der Waals surface area contributed by atoms with Crippen molar-refractivity contribution >= 4 is 17.3 Å². The lowest BCUT2D eigenvalue weighted by molar-refractivity contribution is -0.384. The summed E-state index contributed by atoms with van der Waals surface area (Å²) >= 11 is 0. The maximum atomic E-state index is 10.9.